The van der Waals surface area contributed by atoms with E-state index in [0.717, 1.165) is 44.0 Å². The van der Waals surface area contributed by atoms with E-state index in [9.17, 15) is 8.42 Å². The van der Waals surface area contributed by atoms with E-state index in [2.05, 4.69) is 20.2 Å². The van der Waals surface area contributed by atoms with Gasteiger partial charge in [0.2, 0.25) is 10.0 Å². The second kappa shape index (κ2) is 8.98. The Hall–Kier alpha value is -3.01. The van der Waals surface area contributed by atoms with Crippen LogP contribution in [0.3, 0.4) is 0 Å². The highest BCUT2D eigenvalue weighted by Gasteiger charge is 2.30. The van der Waals surface area contributed by atoms with Crippen molar-refractivity contribution in [2.45, 2.75) is 18.7 Å². The van der Waals surface area contributed by atoms with Crippen LogP contribution in [0.2, 0.25) is 0 Å². The van der Waals surface area contributed by atoms with Crippen molar-refractivity contribution in [3.05, 3.63) is 65.3 Å². The summed E-state index contributed by atoms with van der Waals surface area (Å²) in [5.41, 5.74) is 4.20. The van der Waals surface area contributed by atoms with Gasteiger partial charge in [0.25, 0.3) is 0 Å². The number of fused-ring (bicyclic) bond motifs is 1. The first-order valence-electron chi connectivity index (χ1n) is 11.1. The first-order valence-corrected chi connectivity index (χ1v) is 13.4. The molecule has 5 rings (SSSR count). The molecule has 0 radical (unpaired) electrons. The van der Waals surface area contributed by atoms with Gasteiger partial charge in [0.15, 0.2) is 0 Å². The lowest BCUT2D eigenvalue weighted by Gasteiger charge is -2.35. The predicted octanol–water partition coefficient (Wildman–Crippen LogP) is 4.49. The molecule has 1 aliphatic heterocycles. The van der Waals surface area contributed by atoms with Crippen LogP contribution >= 0.6 is 11.3 Å². The largest absolute Gasteiger partial charge is 0.497 e. The summed E-state index contributed by atoms with van der Waals surface area (Å²) in [4.78, 5) is 12.5. The molecule has 0 N–H and O–H groups in total. The molecule has 1 aliphatic rings. The summed E-state index contributed by atoms with van der Waals surface area (Å²) in [6, 6.07) is 13.3. The summed E-state index contributed by atoms with van der Waals surface area (Å²) in [6.07, 6.45) is 1.59. The van der Waals surface area contributed by atoms with Crippen LogP contribution in [0, 0.1) is 13.8 Å². The maximum Gasteiger partial charge on any atom is 0.243 e. The molecule has 9 heteroatoms. The van der Waals surface area contributed by atoms with Crippen molar-refractivity contribution in [3.63, 3.8) is 0 Å². The number of anilines is 1. The number of thiophene rings is 1. The standard InChI is InChI=1S/C25H26N4O3S2/c1-17-4-9-21(14-18(17)2)34(30,31)29-12-10-28(11-13-29)24-23-22(15-33-25(23)27-16-26-24)19-5-7-20(32-3)8-6-19/h4-9,14-16H,10-13H2,1-3H3. The molecule has 4 aromatic rings. The molecular formula is C25H26N4O3S2. The molecule has 0 aliphatic carbocycles. The summed E-state index contributed by atoms with van der Waals surface area (Å²) in [6.45, 7) is 5.86. The molecule has 0 atom stereocenters. The zero-order valence-electron chi connectivity index (χ0n) is 19.4. The molecule has 2 aromatic carbocycles. The van der Waals surface area contributed by atoms with Gasteiger partial charge in [-0.3, -0.25) is 0 Å². The van der Waals surface area contributed by atoms with Crippen LogP contribution in [0.15, 0.2) is 59.1 Å². The summed E-state index contributed by atoms with van der Waals surface area (Å²) < 4.78 is 33.3. The molecule has 34 heavy (non-hydrogen) atoms. The number of sulfonamides is 1. The van der Waals surface area contributed by atoms with E-state index in [0.29, 0.717) is 31.1 Å². The molecule has 3 heterocycles. The molecule has 0 saturated carbocycles. The van der Waals surface area contributed by atoms with Gasteiger partial charge in [-0.1, -0.05) is 18.2 Å². The first kappa shape index (κ1) is 22.8. The predicted molar refractivity (Wildman–Crippen MR) is 136 cm³/mol. The van der Waals surface area contributed by atoms with E-state index in [-0.39, 0.29) is 0 Å². The lowest BCUT2D eigenvalue weighted by molar-refractivity contribution is 0.384. The van der Waals surface area contributed by atoms with Crippen molar-refractivity contribution in [1.82, 2.24) is 14.3 Å². The second-order valence-corrected chi connectivity index (χ2v) is 11.2. The Morgan fingerprint density at radius 3 is 2.35 bits per heavy atom. The molecule has 0 bridgehead atoms. The minimum absolute atomic E-state index is 0.355. The fourth-order valence-electron chi connectivity index (χ4n) is 4.25. The number of hydrogen-bond donors (Lipinski definition) is 0. The number of aromatic nitrogens is 2. The smallest absolute Gasteiger partial charge is 0.243 e. The quantitative estimate of drug-likeness (QED) is 0.407. The summed E-state index contributed by atoms with van der Waals surface area (Å²) in [5.74, 6) is 1.65. The highest BCUT2D eigenvalue weighted by molar-refractivity contribution is 7.89. The highest BCUT2D eigenvalue weighted by atomic mass is 32.2. The van der Waals surface area contributed by atoms with Gasteiger partial charge in [-0.05, 0) is 54.8 Å². The van der Waals surface area contributed by atoms with Gasteiger partial charge < -0.3 is 9.64 Å². The third kappa shape index (κ3) is 4.04. The van der Waals surface area contributed by atoms with Crippen molar-refractivity contribution in [2.24, 2.45) is 0 Å². The number of rotatable bonds is 5. The van der Waals surface area contributed by atoms with E-state index >= 15 is 0 Å². The zero-order chi connectivity index (χ0) is 23.9. The normalized spacial score (nSPS) is 15.1. The number of aryl methyl sites for hydroxylation is 2. The molecule has 7 nitrogen and oxygen atoms in total. The average molecular weight is 495 g/mol. The molecule has 0 amide bonds. The van der Waals surface area contributed by atoms with Gasteiger partial charge >= 0.3 is 0 Å². The molecule has 0 spiro atoms. The van der Waals surface area contributed by atoms with Gasteiger partial charge in [0, 0.05) is 37.1 Å². The lowest BCUT2D eigenvalue weighted by Crippen LogP contribution is -2.49. The Morgan fingerprint density at radius 1 is 0.941 bits per heavy atom. The Balaban J connectivity index is 1.42. The van der Waals surface area contributed by atoms with Crippen LogP contribution in [0.4, 0.5) is 5.82 Å². The van der Waals surface area contributed by atoms with Crippen LogP contribution in [0.1, 0.15) is 11.1 Å². The number of benzene rings is 2. The fraction of sp³-hybridized carbons (Fsp3) is 0.280. The molecular weight excluding hydrogens is 468 g/mol. The van der Waals surface area contributed by atoms with E-state index in [1.165, 1.54) is 0 Å². The number of hydrogen-bond acceptors (Lipinski definition) is 7. The topological polar surface area (TPSA) is 75.6 Å². The van der Waals surface area contributed by atoms with E-state index in [1.807, 2.05) is 44.2 Å². The number of methoxy groups -OCH3 is 1. The average Bonchev–Trinajstić information content (AvgIpc) is 3.30. The molecule has 1 saturated heterocycles. The monoisotopic (exact) mass is 494 g/mol. The summed E-state index contributed by atoms with van der Waals surface area (Å²) >= 11 is 1.59. The van der Waals surface area contributed by atoms with Crippen LogP contribution < -0.4 is 9.64 Å². The van der Waals surface area contributed by atoms with E-state index in [4.69, 9.17) is 4.74 Å². The van der Waals surface area contributed by atoms with Crippen LogP contribution in [-0.2, 0) is 10.0 Å². The lowest BCUT2D eigenvalue weighted by atomic mass is 10.1. The SMILES string of the molecule is COc1ccc(-c2csc3ncnc(N4CCN(S(=O)(=O)c5ccc(C)c(C)c5)CC4)c23)cc1. The van der Waals surface area contributed by atoms with E-state index in [1.54, 1.807) is 41.2 Å². The fourth-order valence-corrected chi connectivity index (χ4v) is 6.66. The van der Waals surface area contributed by atoms with Gasteiger partial charge in [0.1, 0.15) is 22.7 Å². The molecule has 176 valence electrons. The first-order chi connectivity index (χ1) is 16.4. The summed E-state index contributed by atoms with van der Waals surface area (Å²) in [5, 5.41) is 3.11. The molecule has 1 fully saturated rings. The number of ether oxygens (including phenoxy) is 1. The highest BCUT2D eigenvalue weighted by Crippen LogP contribution is 2.38. The van der Waals surface area contributed by atoms with Crippen LogP contribution in [0.25, 0.3) is 21.3 Å². The van der Waals surface area contributed by atoms with Crippen molar-refractivity contribution in [1.29, 1.82) is 0 Å². The van der Waals surface area contributed by atoms with Crippen molar-refractivity contribution in [2.75, 3.05) is 38.2 Å². The third-order valence-electron chi connectivity index (χ3n) is 6.41. The minimum Gasteiger partial charge on any atom is -0.497 e. The van der Waals surface area contributed by atoms with Gasteiger partial charge in [-0.25, -0.2) is 18.4 Å². The number of nitrogens with zero attached hydrogens (tertiary/aromatic N) is 4. The second-order valence-electron chi connectivity index (χ2n) is 8.39. The van der Waals surface area contributed by atoms with Crippen molar-refractivity contribution < 1.29 is 13.2 Å². The van der Waals surface area contributed by atoms with Crippen molar-refractivity contribution >= 4 is 37.4 Å². The molecule has 2 aromatic heterocycles. The van der Waals surface area contributed by atoms with Gasteiger partial charge in [-0.15, -0.1) is 11.3 Å². The van der Waals surface area contributed by atoms with Gasteiger partial charge in [-0.2, -0.15) is 4.31 Å². The zero-order valence-corrected chi connectivity index (χ0v) is 21.0. The van der Waals surface area contributed by atoms with E-state index < -0.39 is 10.0 Å². The minimum atomic E-state index is -3.53. The molecule has 0 unspecified atom stereocenters. The Labute approximate surface area is 203 Å². The van der Waals surface area contributed by atoms with Crippen LogP contribution in [0.5, 0.6) is 5.75 Å². The van der Waals surface area contributed by atoms with Gasteiger partial charge in [0.05, 0.1) is 17.4 Å². The van der Waals surface area contributed by atoms with Crippen molar-refractivity contribution in [3.8, 4) is 16.9 Å². The maximum atomic E-state index is 13.2. The third-order valence-corrected chi connectivity index (χ3v) is 9.19. The maximum absolute atomic E-state index is 13.2. The Bertz CT molecular complexity index is 1440. The Morgan fingerprint density at radius 2 is 1.68 bits per heavy atom. The Kier molecular flexibility index (Phi) is 6.01. The summed E-state index contributed by atoms with van der Waals surface area (Å²) in [7, 11) is -1.88. The number of piperazine rings is 1. The van der Waals surface area contributed by atoms with Crippen LogP contribution in [-0.4, -0.2) is 56.0 Å².